The van der Waals surface area contributed by atoms with E-state index in [4.69, 9.17) is 13.0 Å². The molecule has 4 heteroatoms. The second-order valence-corrected chi connectivity index (χ2v) is 2.01. The number of rotatable bonds is 0. The van der Waals surface area contributed by atoms with E-state index in [9.17, 15) is 0 Å². The number of hydrogen-bond acceptors (Lipinski definition) is 3. The van der Waals surface area contributed by atoms with Crippen molar-refractivity contribution in [2.24, 2.45) is 0 Å². The van der Waals surface area contributed by atoms with Crippen molar-refractivity contribution in [2.45, 2.75) is 13.8 Å². The maximum atomic E-state index is 7.00. The van der Waals surface area contributed by atoms with Crippen LogP contribution in [0.4, 0.5) is 0 Å². The van der Waals surface area contributed by atoms with Crippen LogP contribution in [0.25, 0.3) is 0 Å². The quantitative estimate of drug-likeness (QED) is 0.507. The van der Waals surface area contributed by atoms with Gasteiger partial charge in [0.2, 0.25) is 0 Å². The maximum Gasteiger partial charge on any atom is 0.170 e. The van der Waals surface area contributed by atoms with Crippen molar-refractivity contribution in [3.63, 3.8) is 0 Å². The van der Waals surface area contributed by atoms with E-state index in [0.29, 0.717) is 5.72 Å². The summed E-state index contributed by atoms with van der Waals surface area (Å²) in [4.78, 5) is 7.80. The molecule has 0 saturated carbocycles. The van der Waals surface area contributed by atoms with Crippen LogP contribution in [0.5, 0.6) is 0 Å². The monoisotopic (exact) mass is 150 g/mol. The minimum atomic E-state index is 0.354. The number of aliphatic hydroxyl groups is 1. The molecule has 1 aromatic heterocycles. The molecule has 0 aliphatic heterocycles. The summed E-state index contributed by atoms with van der Waals surface area (Å²) in [5, 5.41) is 7.00. The van der Waals surface area contributed by atoms with Crippen LogP contribution in [0.15, 0.2) is 6.07 Å². The average molecular weight is 150 g/mol. The van der Waals surface area contributed by atoms with Crippen LogP contribution in [0.1, 0.15) is 11.4 Å². The Morgan fingerprint density at radius 3 is 1.82 bits per heavy atom. The van der Waals surface area contributed by atoms with Crippen LogP contribution in [0.3, 0.4) is 0 Å². The van der Waals surface area contributed by atoms with Crippen LogP contribution < -0.4 is 5.72 Å². The smallest absolute Gasteiger partial charge is 0.170 e. The molecule has 0 aliphatic carbocycles. The molecule has 2 radical (unpaired) electrons. The molecule has 3 nitrogen and oxygen atoms in total. The van der Waals surface area contributed by atoms with Gasteiger partial charge in [0.15, 0.2) is 7.85 Å². The van der Waals surface area contributed by atoms with Crippen molar-refractivity contribution < 1.29 is 5.11 Å². The van der Waals surface area contributed by atoms with Crippen LogP contribution in [0, 0.1) is 13.8 Å². The van der Waals surface area contributed by atoms with Gasteiger partial charge in [0.05, 0.1) is 5.72 Å². The summed E-state index contributed by atoms with van der Waals surface area (Å²) >= 11 is 0. The van der Waals surface area contributed by atoms with Gasteiger partial charge in [-0.05, 0) is 19.9 Å². The van der Waals surface area contributed by atoms with Gasteiger partial charge in [-0.15, -0.1) is 0 Å². The Hall–Kier alpha value is -0.895. The molecular formula is C7H11BN2O. The fourth-order valence-electron chi connectivity index (χ4n) is 0.753. The molecule has 0 amide bonds. The van der Waals surface area contributed by atoms with E-state index in [1.807, 2.05) is 19.9 Å². The van der Waals surface area contributed by atoms with E-state index >= 15 is 0 Å². The first-order valence-electron chi connectivity index (χ1n) is 3.21. The molecule has 0 spiro atoms. The van der Waals surface area contributed by atoms with Crippen LogP contribution in [-0.2, 0) is 0 Å². The van der Waals surface area contributed by atoms with Crippen molar-refractivity contribution >= 4 is 13.6 Å². The minimum absolute atomic E-state index is 0.354. The molecule has 11 heavy (non-hydrogen) atoms. The van der Waals surface area contributed by atoms with E-state index in [1.165, 1.54) is 0 Å². The van der Waals surface area contributed by atoms with E-state index in [-0.39, 0.29) is 0 Å². The Labute approximate surface area is 67.9 Å². The molecule has 0 unspecified atom stereocenters. The third-order valence-corrected chi connectivity index (χ3v) is 1.000. The summed E-state index contributed by atoms with van der Waals surface area (Å²) in [7, 11) is 6.34. The lowest BCUT2D eigenvalue weighted by molar-refractivity contribution is 0.399. The molecule has 1 aromatic rings. The average Bonchev–Trinajstić information content (AvgIpc) is 1.88. The molecule has 0 bridgehead atoms. The summed E-state index contributed by atoms with van der Waals surface area (Å²) in [5.41, 5.74) is 2.19. The van der Waals surface area contributed by atoms with Gasteiger partial charge in [0.25, 0.3) is 0 Å². The zero-order chi connectivity index (χ0) is 8.85. The second kappa shape index (κ2) is 4.85. The molecule has 58 valence electrons. The van der Waals surface area contributed by atoms with Crippen molar-refractivity contribution in [3.05, 3.63) is 17.5 Å². The van der Waals surface area contributed by atoms with Crippen molar-refractivity contribution in [3.8, 4) is 0 Å². The van der Waals surface area contributed by atoms with Gasteiger partial charge in [0, 0.05) is 18.5 Å². The summed E-state index contributed by atoms with van der Waals surface area (Å²) in [5.74, 6) is 0. The van der Waals surface area contributed by atoms with Gasteiger partial charge in [0.1, 0.15) is 0 Å². The highest BCUT2D eigenvalue weighted by Crippen LogP contribution is 1.90. The highest BCUT2D eigenvalue weighted by molar-refractivity contribution is 6.28. The Morgan fingerprint density at radius 2 is 1.55 bits per heavy atom. The first kappa shape index (κ1) is 10.1. The van der Waals surface area contributed by atoms with E-state index in [0.717, 1.165) is 18.5 Å². The lowest BCUT2D eigenvalue weighted by atomic mass is 10.1. The molecule has 1 heterocycles. The van der Waals surface area contributed by atoms with E-state index in [1.54, 1.807) is 0 Å². The van der Waals surface area contributed by atoms with Gasteiger partial charge in [-0.1, -0.05) is 0 Å². The molecule has 0 atom stereocenters. The Morgan fingerprint density at radius 1 is 1.18 bits per heavy atom. The third-order valence-electron chi connectivity index (χ3n) is 1.000. The van der Waals surface area contributed by atoms with Gasteiger partial charge in [-0.2, -0.15) is 0 Å². The van der Waals surface area contributed by atoms with E-state index in [2.05, 4.69) is 9.97 Å². The molecule has 1 rings (SSSR count). The van der Waals surface area contributed by atoms with Crippen molar-refractivity contribution in [2.75, 3.05) is 7.11 Å². The molecule has 0 fully saturated rings. The number of nitrogens with zero attached hydrogens (tertiary/aromatic N) is 2. The SMILES string of the molecule is CO.[B]c1nc(C)cc(C)n1. The highest BCUT2D eigenvalue weighted by Gasteiger charge is 1.89. The maximum absolute atomic E-state index is 7.00. The lowest BCUT2D eigenvalue weighted by Crippen LogP contribution is -2.14. The van der Waals surface area contributed by atoms with Gasteiger partial charge >= 0.3 is 0 Å². The summed E-state index contributed by atoms with van der Waals surface area (Å²) in [6.07, 6.45) is 0. The number of aliphatic hydroxyl groups excluding tert-OH is 1. The zero-order valence-corrected chi connectivity index (χ0v) is 7.00. The van der Waals surface area contributed by atoms with Gasteiger partial charge in [-0.25, -0.2) is 0 Å². The standard InChI is InChI=1S/C6H7BN2.CH4O/c1-4-3-5(2)9-6(7)8-4;1-2/h3H,1-2H3;2H,1H3. The molecular weight excluding hydrogens is 139 g/mol. The first-order valence-corrected chi connectivity index (χ1v) is 3.21. The van der Waals surface area contributed by atoms with Crippen molar-refractivity contribution in [1.29, 1.82) is 0 Å². The second-order valence-electron chi connectivity index (χ2n) is 2.01. The summed E-state index contributed by atoms with van der Waals surface area (Å²) < 4.78 is 0. The number of aromatic nitrogens is 2. The zero-order valence-electron chi connectivity index (χ0n) is 7.00. The fourth-order valence-corrected chi connectivity index (χ4v) is 0.753. The van der Waals surface area contributed by atoms with Crippen LogP contribution in [0.2, 0.25) is 0 Å². The summed E-state index contributed by atoms with van der Waals surface area (Å²) in [6.45, 7) is 3.79. The molecule has 0 saturated heterocycles. The predicted molar refractivity (Wildman–Crippen MR) is 45.0 cm³/mol. The highest BCUT2D eigenvalue weighted by atomic mass is 16.2. The molecule has 0 aliphatic rings. The summed E-state index contributed by atoms with van der Waals surface area (Å²) in [6, 6.07) is 1.89. The Balaban J connectivity index is 0.000000461. The van der Waals surface area contributed by atoms with E-state index < -0.39 is 0 Å². The Kier molecular flexibility index (Phi) is 4.46. The largest absolute Gasteiger partial charge is 0.400 e. The predicted octanol–water partition coefficient (Wildman–Crippen LogP) is -0.504. The normalized spacial score (nSPS) is 8.36. The van der Waals surface area contributed by atoms with Crippen LogP contribution in [-0.4, -0.2) is 30.0 Å². The van der Waals surface area contributed by atoms with Crippen LogP contribution >= 0.6 is 0 Å². The number of aryl methyl sites for hydroxylation is 2. The van der Waals surface area contributed by atoms with Gasteiger partial charge < -0.3 is 5.11 Å². The first-order chi connectivity index (χ1) is 5.18. The number of hydrogen-bond donors (Lipinski definition) is 1. The molecule has 0 aromatic carbocycles. The Bertz CT molecular complexity index is 177. The minimum Gasteiger partial charge on any atom is -0.400 e. The topological polar surface area (TPSA) is 46.0 Å². The molecule has 1 N–H and O–H groups in total. The lowest BCUT2D eigenvalue weighted by Gasteiger charge is -1.95. The fraction of sp³-hybridized carbons (Fsp3) is 0.429. The van der Waals surface area contributed by atoms with Crippen molar-refractivity contribution in [1.82, 2.24) is 9.97 Å². The third kappa shape index (κ3) is 3.73. The van der Waals surface area contributed by atoms with Gasteiger partial charge in [-0.3, -0.25) is 9.97 Å².